The van der Waals surface area contributed by atoms with Gasteiger partial charge in [-0.2, -0.15) is 0 Å². The van der Waals surface area contributed by atoms with Crippen molar-refractivity contribution in [2.75, 3.05) is 0 Å². The Hall–Kier alpha value is 0.257. The minimum atomic E-state index is -2.75. The molecule has 88 valence electrons. The molecular weight excluding hydrogens is 405 g/mol. The van der Waals surface area contributed by atoms with Gasteiger partial charge in [0.05, 0.1) is 0 Å². The Morgan fingerprint density at radius 3 is 2.06 bits per heavy atom. The first-order chi connectivity index (χ1) is 8.05. The average molecular weight is 415 g/mol. The first-order valence-electron chi connectivity index (χ1n) is 4.93. The fraction of sp³-hybridized carbons (Fsp3) is 0. The van der Waals surface area contributed by atoms with Gasteiger partial charge in [-0.1, -0.05) is 30.3 Å². The molecule has 0 amide bonds. The van der Waals surface area contributed by atoms with Crippen LogP contribution < -0.4 is 26.4 Å². The lowest BCUT2D eigenvalue weighted by Crippen LogP contribution is -3.61. The summed E-state index contributed by atoms with van der Waals surface area (Å²) in [5.41, 5.74) is 0. The smallest absolute Gasteiger partial charge is 0.121 e. The van der Waals surface area contributed by atoms with Gasteiger partial charge in [-0.05, 0) is 29.5 Å². The predicted molar refractivity (Wildman–Crippen MR) is 73.2 cm³/mol. The van der Waals surface area contributed by atoms with Crippen LogP contribution in [0.4, 0.5) is 0 Å². The normalized spacial score (nSPS) is 11.5. The van der Waals surface area contributed by atoms with Gasteiger partial charge in [-0.15, -0.1) is 33.2 Å². The van der Waals surface area contributed by atoms with Crippen LogP contribution in [0.1, 0.15) is 0 Å². The predicted octanol–water partition coefficient (Wildman–Crippen LogP) is 0.677. The summed E-state index contributed by atoms with van der Waals surface area (Å²) < 4.78 is 2.65. The van der Waals surface area contributed by atoms with E-state index in [1.807, 2.05) is 24.3 Å². The number of benzene rings is 2. The van der Waals surface area contributed by atoms with Crippen LogP contribution in [-0.2, 0) is 0 Å². The molecule has 5 heteroatoms. The monoisotopic (exact) mass is 413 g/mol. The lowest BCUT2D eigenvalue weighted by molar-refractivity contribution is -0.597. The van der Waals surface area contributed by atoms with Crippen LogP contribution in [0.25, 0.3) is 0 Å². The molecule has 0 saturated heterocycles. The molecule has 0 saturated carbocycles. The Morgan fingerprint density at radius 1 is 0.765 bits per heavy atom. The van der Waals surface area contributed by atoms with E-state index in [0.29, 0.717) is 0 Å². The van der Waals surface area contributed by atoms with E-state index < -0.39 is 6.00 Å². The fourth-order valence-electron chi connectivity index (χ4n) is 1.33. The molecule has 0 atom stereocenters. The van der Waals surface area contributed by atoms with Crippen LogP contribution in [0.2, 0.25) is 0 Å². The van der Waals surface area contributed by atoms with Crippen molar-refractivity contribution in [2.24, 2.45) is 0 Å². The molecule has 0 aliphatic heterocycles. The van der Waals surface area contributed by atoms with E-state index in [4.69, 9.17) is 33.2 Å². The summed E-state index contributed by atoms with van der Waals surface area (Å²) in [6.07, 6.45) is 0. The largest absolute Gasteiger partial charge is 0.373 e. The third kappa shape index (κ3) is 4.14. The van der Waals surface area contributed by atoms with Crippen molar-refractivity contribution in [2.45, 2.75) is 0 Å². The molecule has 2 aromatic rings. The van der Waals surface area contributed by atoms with Crippen molar-refractivity contribution in [3.05, 3.63) is 61.7 Å². The molecule has 0 heterocycles. The third-order valence-electron chi connectivity index (χ3n) is 2.10. The van der Waals surface area contributed by atoms with E-state index in [1.165, 1.54) is 7.14 Å². The minimum Gasteiger partial charge on any atom is -0.121 e. The Kier molecular flexibility index (Phi) is 4.77. The Morgan fingerprint density at radius 2 is 1.41 bits per heavy atom. The minimum absolute atomic E-state index is 0.190. The van der Waals surface area contributed by atoms with E-state index in [-0.39, 0.29) is 21.2 Å². The number of hydrogen-bond acceptors (Lipinski definition) is 0. The lowest BCUT2D eigenvalue weighted by Gasteiger charge is -2.06. The van der Waals surface area contributed by atoms with Crippen molar-refractivity contribution in [3.8, 4) is 0 Å². The van der Waals surface area contributed by atoms with Crippen molar-refractivity contribution in [1.82, 2.24) is 0 Å². The zero-order chi connectivity index (χ0) is 12.3. The Labute approximate surface area is 126 Å². The second-order valence-corrected chi connectivity index (χ2v) is 14.8. The molecule has 0 N–H and O–H groups in total. The molecule has 0 aromatic heterocycles. The van der Waals surface area contributed by atoms with Gasteiger partial charge >= 0.3 is 27.2 Å². The second-order valence-electron chi connectivity index (χ2n) is 3.40. The van der Waals surface area contributed by atoms with Crippen LogP contribution in [0, 0.1) is 7.14 Å². The van der Waals surface area contributed by atoms with Crippen LogP contribution in [0.15, 0.2) is 54.6 Å². The van der Waals surface area contributed by atoms with Crippen LogP contribution >= 0.6 is 33.2 Å². The first-order valence-corrected chi connectivity index (χ1v) is 12.1. The Balaban J connectivity index is 2.23. The zero-order valence-electron chi connectivity index (χ0n) is 8.71. The van der Waals surface area contributed by atoms with Crippen molar-refractivity contribution >= 4 is 44.4 Å². The molecule has 0 nitrogen and oxygen atoms in total. The molecule has 17 heavy (non-hydrogen) atoms. The fourth-order valence-corrected chi connectivity index (χ4v) is 5.66. The van der Waals surface area contributed by atoms with Crippen LogP contribution in [-0.4, -0.2) is 6.00 Å². The first kappa shape index (κ1) is 13.7. The molecule has 0 radical (unpaired) electrons. The summed E-state index contributed by atoms with van der Waals surface area (Å²) >= 11 is 17.9. The molecular formula is C12H9Cl3ISi+. The van der Waals surface area contributed by atoms with Crippen molar-refractivity contribution in [1.29, 1.82) is 0 Å². The molecule has 0 unspecified atom stereocenters. The number of rotatable bonds is 3. The number of halogens is 4. The van der Waals surface area contributed by atoms with E-state index in [0.717, 1.165) is 5.19 Å². The third-order valence-corrected chi connectivity index (χ3v) is 7.67. The molecule has 0 aliphatic rings. The van der Waals surface area contributed by atoms with Crippen molar-refractivity contribution < 1.29 is 21.2 Å². The summed E-state index contributed by atoms with van der Waals surface area (Å²) in [5.74, 6) is 0. The summed E-state index contributed by atoms with van der Waals surface area (Å²) in [7, 11) is 0. The van der Waals surface area contributed by atoms with Gasteiger partial charge in [0.15, 0.2) is 7.14 Å². The van der Waals surface area contributed by atoms with Crippen LogP contribution in [0.3, 0.4) is 0 Å². The Bertz CT molecular complexity index is 497. The lowest BCUT2D eigenvalue weighted by atomic mass is 10.4. The average Bonchev–Trinajstić information content (AvgIpc) is 2.29. The van der Waals surface area contributed by atoms with Crippen molar-refractivity contribution in [3.63, 3.8) is 0 Å². The van der Waals surface area contributed by atoms with Gasteiger partial charge in [0.2, 0.25) is 0 Å². The summed E-state index contributed by atoms with van der Waals surface area (Å²) in [5, 5.41) is 0.871. The van der Waals surface area contributed by atoms with E-state index in [9.17, 15) is 0 Å². The van der Waals surface area contributed by atoms with Gasteiger partial charge in [0.25, 0.3) is 0 Å². The van der Waals surface area contributed by atoms with Gasteiger partial charge in [-0.3, -0.25) is 0 Å². The second kappa shape index (κ2) is 5.93. The highest BCUT2D eigenvalue weighted by Gasteiger charge is 2.29. The molecule has 2 aromatic carbocycles. The van der Waals surface area contributed by atoms with Gasteiger partial charge < -0.3 is 0 Å². The SMILES string of the molecule is Cl[Si](Cl)(Cl)c1cccc([I+]c2ccccc2)c1. The van der Waals surface area contributed by atoms with Gasteiger partial charge in [-0.25, -0.2) is 0 Å². The van der Waals surface area contributed by atoms with E-state index >= 15 is 0 Å². The molecule has 0 bridgehead atoms. The maximum Gasteiger partial charge on any atom is 0.373 e. The van der Waals surface area contributed by atoms with Crippen LogP contribution in [0.5, 0.6) is 0 Å². The van der Waals surface area contributed by atoms with E-state index in [1.54, 1.807) is 0 Å². The molecule has 0 spiro atoms. The molecule has 0 fully saturated rings. The maximum atomic E-state index is 6.02. The highest BCUT2D eigenvalue weighted by Crippen LogP contribution is 2.18. The number of hydrogen-bond donors (Lipinski definition) is 0. The zero-order valence-corrected chi connectivity index (χ0v) is 14.1. The topological polar surface area (TPSA) is 0 Å². The standard InChI is InChI=1S/C12H9Cl3ISi/c13-17(14,15)12-8-4-7-11(9-12)16-10-5-2-1-3-6-10/h1-9H/q+1. The van der Waals surface area contributed by atoms with Gasteiger partial charge in [0, 0.05) is 0 Å². The quantitative estimate of drug-likeness (QED) is 0.394. The van der Waals surface area contributed by atoms with Gasteiger partial charge in [0.1, 0.15) is 0 Å². The summed E-state index contributed by atoms with van der Waals surface area (Å²) in [6, 6.07) is 15.7. The van der Waals surface area contributed by atoms with E-state index in [2.05, 4.69) is 30.3 Å². The summed E-state index contributed by atoms with van der Waals surface area (Å²) in [4.78, 5) is 0. The molecule has 2 rings (SSSR count). The highest BCUT2D eigenvalue weighted by molar-refractivity contribution is 7.69. The molecule has 0 aliphatic carbocycles. The highest BCUT2D eigenvalue weighted by atomic mass is 127. The summed E-state index contributed by atoms with van der Waals surface area (Å²) in [6.45, 7) is 0. The maximum absolute atomic E-state index is 6.02.